The summed E-state index contributed by atoms with van der Waals surface area (Å²) in [7, 11) is 0. The van der Waals surface area contributed by atoms with E-state index in [-0.39, 0.29) is 25.0 Å². The molecule has 184 valence electrons. The molecule has 0 bridgehead atoms. The Labute approximate surface area is 217 Å². The largest absolute Gasteiger partial charge is 0.482 e. The summed E-state index contributed by atoms with van der Waals surface area (Å²) in [5, 5.41) is 4.00. The van der Waals surface area contributed by atoms with Gasteiger partial charge in [-0.3, -0.25) is 9.59 Å². The first-order chi connectivity index (χ1) is 16.6. The summed E-state index contributed by atoms with van der Waals surface area (Å²) >= 11 is 12.4. The van der Waals surface area contributed by atoms with Crippen LogP contribution >= 0.6 is 23.2 Å². The highest BCUT2D eigenvalue weighted by Gasteiger charge is 2.32. The van der Waals surface area contributed by atoms with E-state index < -0.39 is 11.6 Å². The quantitative estimate of drug-likeness (QED) is 0.386. The summed E-state index contributed by atoms with van der Waals surface area (Å²) < 4.78 is 5.74. The van der Waals surface area contributed by atoms with Crippen molar-refractivity contribution in [2.24, 2.45) is 0 Å². The predicted molar refractivity (Wildman–Crippen MR) is 141 cm³/mol. The van der Waals surface area contributed by atoms with Crippen molar-refractivity contribution in [1.82, 2.24) is 10.2 Å². The number of para-hydroxylation sites is 1. The third-order valence-corrected chi connectivity index (χ3v) is 5.75. The van der Waals surface area contributed by atoms with Crippen molar-refractivity contribution in [3.05, 3.63) is 100 Å². The zero-order chi connectivity index (χ0) is 25.4. The Morgan fingerprint density at radius 1 is 0.914 bits per heavy atom. The minimum atomic E-state index is -0.766. The second-order valence-corrected chi connectivity index (χ2v) is 10.2. The van der Waals surface area contributed by atoms with Gasteiger partial charge in [0.1, 0.15) is 11.8 Å². The molecule has 0 unspecified atom stereocenters. The lowest BCUT2D eigenvalue weighted by Gasteiger charge is -2.33. The number of nitrogens with zero attached hydrogens (tertiary/aromatic N) is 1. The van der Waals surface area contributed by atoms with Gasteiger partial charge in [0.25, 0.3) is 5.91 Å². The maximum Gasteiger partial charge on any atom is 0.261 e. The van der Waals surface area contributed by atoms with Crippen LogP contribution in [0.25, 0.3) is 0 Å². The van der Waals surface area contributed by atoms with E-state index in [1.54, 1.807) is 41.3 Å². The summed E-state index contributed by atoms with van der Waals surface area (Å²) in [4.78, 5) is 28.6. The van der Waals surface area contributed by atoms with Gasteiger partial charge in [-0.1, -0.05) is 77.8 Å². The monoisotopic (exact) mass is 512 g/mol. The maximum atomic E-state index is 13.6. The summed E-state index contributed by atoms with van der Waals surface area (Å²) in [6, 6.07) is 23.1. The smallest absolute Gasteiger partial charge is 0.261 e. The molecule has 0 saturated heterocycles. The molecule has 0 fully saturated rings. The number of ether oxygens (including phenoxy) is 1. The predicted octanol–water partition coefficient (Wildman–Crippen LogP) is 5.93. The van der Waals surface area contributed by atoms with Crippen molar-refractivity contribution in [2.45, 2.75) is 45.3 Å². The third-order valence-electron chi connectivity index (χ3n) is 5.20. The molecule has 1 N–H and O–H groups in total. The van der Waals surface area contributed by atoms with E-state index in [9.17, 15) is 9.59 Å². The number of rotatable bonds is 9. The van der Waals surface area contributed by atoms with Crippen LogP contribution in [0.4, 0.5) is 0 Å². The highest BCUT2D eigenvalue weighted by molar-refractivity contribution is 6.32. The molecule has 0 saturated carbocycles. The van der Waals surface area contributed by atoms with Crippen molar-refractivity contribution < 1.29 is 14.3 Å². The van der Waals surface area contributed by atoms with Crippen LogP contribution in [0.2, 0.25) is 10.0 Å². The van der Waals surface area contributed by atoms with Gasteiger partial charge in [0.2, 0.25) is 5.91 Å². The lowest BCUT2D eigenvalue weighted by Crippen LogP contribution is -2.55. The number of carbonyl (C=O) groups is 2. The molecule has 0 spiro atoms. The fourth-order valence-corrected chi connectivity index (χ4v) is 4.03. The molecule has 3 aromatic rings. The van der Waals surface area contributed by atoms with E-state index in [4.69, 9.17) is 27.9 Å². The molecule has 0 heterocycles. The highest BCUT2D eigenvalue weighted by Crippen LogP contribution is 2.24. The van der Waals surface area contributed by atoms with E-state index in [2.05, 4.69) is 5.32 Å². The molecular formula is C28H30Cl2N2O3. The van der Waals surface area contributed by atoms with E-state index in [0.717, 1.165) is 11.1 Å². The molecule has 0 aliphatic heterocycles. The lowest BCUT2D eigenvalue weighted by atomic mass is 10.0. The van der Waals surface area contributed by atoms with Crippen LogP contribution in [0.1, 0.15) is 31.9 Å². The molecule has 0 aliphatic carbocycles. The fraction of sp³-hybridized carbons (Fsp3) is 0.286. The number of carbonyl (C=O) groups excluding carboxylic acids is 2. The Bertz CT molecular complexity index is 1150. The second-order valence-electron chi connectivity index (χ2n) is 9.32. The van der Waals surface area contributed by atoms with Crippen LogP contribution in [0.3, 0.4) is 0 Å². The van der Waals surface area contributed by atoms with Gasteiger partial charge in [0.15, 0.2) is 6.61 Å². The van der Waals surface area contributed by atoms with Crippen molar-refractivity contribution in [1.29, 1.82) is 0 Å². The summed E-state index contributed by atoms with van der Waals surface area (Å²) in [5.74, 6) is -0.173. The Kier molecular flexibility index (Phi) is 9.19. The van der Waals surface area contributed by atoms with Crippen molar-refractivity contribution in [2.75, 3.05) is 6.61 Å². The maximum absolute atomic E-state index is 13.6. The van der Waals surface area contributed by atoms with Crippen LogP contribution < -0.4 is 10.1 Å². The SMILES string of the molecule is CC(C)(C)NC(=O)[C@@H](Cc1ccccc1)N(Cc1cccc(Cl)c1)C(=O)COc1ccccc1Cl. The average molecular weight is 513 g/mol. The van der Waals surface area contributed by atoms with Crippen LogP contribution in [-0.4, -0.2) is 34.9 Å². The number of benzene rings is 3. The zero-order valence-corrected chi connectivity index (χ0v) is 21.6. The molecular weight excluding hydrogens is 483 g/mol. The van der Waals surface area contributed by atoms with Gasteiger partial charge >= 0.3 is 0 Å². The Balaban J connectivity index is 1.94. The molecule has 2 amide bonds. The second kappa shape index (κ2) is 12.1. The van der Waals surface area contributed by atoms with E-state index in [1.165, 1.54) is 0 Å². The zero-order valence-electron chi connectivity index (χ0n) is 20.1. The van der Waals surface area contributed by atoms with Crippen molar-refractivity contribution in [3.8, 4) is 5.75 Å². The van der Waals surface area contributed by atoms with Crippen molar-refractivity contribution >= 4 is 35.0 Å². The number of amides is 2. The number of hydrogen-bond acceptors (Lipinski definition) is 3. The van der Waals surface area contributed by atoms with Gasteiger partial charge in [0, 0.05) is 23.5 Å². The molecule has 35 heavy (non-hydrogen) atoms. The lowest BCUT2D eigenvalue weighted by molar-refractivity contribution is -0.143. The van der Waals surface area contributed by atoms with Crippen molar-refractivity contribution in [3.63, 3.8) is 0 Å². The molecule has 0 aromatic heterocycles. The molecule has 3 rings (SSSR count). The Hall–Kier alpha value is -3.02. The Morgan fingerprint density at radius 3 is 2.23 bits per heavy atom. The molecule has 5 nitrogen and oxygen atoms in total. The number of halogens is 2. The molecule has 1 atom stereocenters. The van der Waals surface area contributed by atoms with E-state index >= 15 is 0 Å². The first-order valence-corrected chi connectivity index (χ1v) is 12.1. The summed E-state index contributed by atoms with van der Waals surface area (Å²) in [6.07, 6.45) is 0.348. The standard InChI is InChI=1S/C28H30Cl2N2O3/c1-28(2,3)31-27(34)24(17-20-10-5-4-6-11-20)32(18-21-12-9-13-22(29)16-21)26(33)19-35-25-15-8-7-14-23(25)30/h4-16,24H,17-19H2,1-3H3,(H,31,34)/t24-/m1/s1. The van der Waals surface area contributed by atoms with Gasteiger partial charge in [0.05, 0.1) is 5.02 Å². The summed E-state index contributed by atoms with van der Waals surface area (Å²) in [6.45, 7) is 5.66. The Morgan fingerprint density at radius 2 is 1.57 bits per heavy atom. The molecule has 7 heteroatoms. The summed E-state index contributed by atoms with van der Waals surface area (Å²) in [5.41, 5.74) is 1.29. The highest BCUT2D eigenvalue weighted by atomic mass is 35.5. The minimum absolute atomic E-state index is 0.195. The first kappa shape index (κ1) is 26.6. The minimum Gasteiger partial charge on any atom is -0.482 e. The number of hydrogen-bond donors (Lipinski definition) is 1. The van der Waals surface area contributed by atoms with E-state index in [0.29, 0.717) is 22.2 Å². The molecule has 0 radical (unpaired) electrons. The van der Waals surface area contributed by atoms with Crippen LogP contribution in [0, 0.1) is 0 Å². The van der Waals surface area contributed by atoms with Gasteiger partial charge < -0.3 is 15.0 Å². The average Bonchev–Trinajstić information content (AvgIpc) is 2.80. The van der Waals surface area contributed by atoms with Crippen LogP contribution in [-0.2, 0) is 22.6 Å². The van der Waals surface area contributed by atoms with E-state index in [1.807, 2.05) is 63.2 Å². The van der Waals surface area contributed by atoms with Crippen LogP contribution in [0.5, 0.6) is 5.75 Å². The third kappa shape index (κ3) is 8.30. The van der Waals surface area contributed by atoms with Gasteiger partial charge in [-0.15, -0.1) is 0 Å². The van der Waals surface area contributed by atoms with Gasteiger partial charge in [-0.25, -0.2) is 0 Å². The molecule has 0 aliphatic rings. The van der Waals surface area contributed by atoms with Gasteiger partial charge in [-0.05, 0) is 56.2 Å². The normalized spacial score (nSPS) is 12.0. The number of nitrogens with one attached hydrogen (secondary N) is 1. The fourth-order valence-electron chi connectivity index (χ4n) is 3.62. The first-order valence-electron chi connectivity index (χ1n) is 11.4. The van der Waals surface area contributed by atoms with Crippen LogP contribution in [0.15, 0.2) is 78.9 Å². The molecule has 3 aromatic carbocycles. The van der Waals surface area contributed by atoms with Gasteiger partial charge in [-0.2, -0.15) is 0 Å². The topological polar surface area (TPSA) is 58.6 Å².